The molecule has 0 spiro atoms. The third-order valence-corrected chi connectivity index (χ3v) is 3.62. The number of rotatable bonds is 7. The fraction of sp³-hybridized carbons (Fsp3) is 0.846. The predicted octanol–water partition coefficient (Wildman–Crippen LogP) is 0.0124. The van der Waals surface area contributed by atoms with Crippen LogP contribution in [0.15, 0.2) is 6.20 Å². The molecule has 3 N–H and O–H groups in total. The van der Waals surface area contributed by atoms with Crippen molar-refractivity contribution in [1.29, 1.82) is 0 Å². The molecule has 7 heteroatoms. The first-order valence-corrected chi connectivity index (χ1v) is 7.20. The van der Waals surface area contributed by atoms with Crippen LogP contribution in [0, 0.1) is 0 Å². The van der Waals surface area contributed by atoms with E-state index in [-0.39, 0.29) is 6.61 Å². The van der Waals surface area contributed by atoms with Crippen LogP contribution in [0.25, 0.3) is 0 Å². The van der Waals surface area contributed by atoms with E-state index < -0.39 is 24.5 Å². The van der Waals surface area contributed by atoms with Gasteiger partial charge in [-0.2, -0.15) is 0 Å². The zero-order chi connectivity index (χ0) is 14.5. The Morgan fingerprint density at radius 3 is 2.70 bits per heavy atom. The van der Waals surface area contributed by atoms with Crippen molar-refractivity contribution in [2.75, 3.05) is 6.61 Å². The van der Waals surface area contributed by atoms with Gasteiger partial charge in [0.25, 0.3) is 0 Å². The highest BCUT2D eigenvalue weighted by Crippen LogP contribution is 2.28. The number of aryl methyl sites for hydroxylation is 1. The quantitative estimate of drug-likeness (QED) is 0.610. The van der Waals surface area contributed by atoms with Crippen LogP contribution in [-0.2, 0) is 11.2 Å². The molecule has 0 unspecified atom stereocenters. The van der Waals surface area contributed by atoms with Crippen LogP contribution in [0.5, 0.6) is 0 Å². The maximum absolute atomic E-state index is 9.89. The Bertz CT molecular complexity index is 412. The molecule has 0 radical (unpaired) electrons. The number of ether oxygens (including phenoxy) is 1. The smallest absolute Gasteiger partial charge is 0.180 e. The first-order chi connectivity index (χ1) is 9.67. The van der Waals surface area contributed by atoms with E-state index in [0.717, 1.165) is 25.0 Å². The molecular formula is C13H23N3O4. The van der Waals surface area contributed by atoms with E-state index in [0.29, 0.717) is 0 Å². The average molecular weight is 285 g/mol. The van der Waals surface area contributed by atoms with E-state index in [1.165, 1.54) is 17.5 Å². The van der Waals surface area contributed by atoms with Crippen LogP contribution in [0.2, 0.25) is 0 Å². The lowest BCUT2D eigenvalue weighted by Gasteiger charge is -2.13. The summed E-state index contributed by atoms with van der Waals surface area (Å²) in [5, 5.41) is 36.6. The summed E-state index contributed by atoms with van der Waals surface area (Å²) in [4.78, 5) is 0. The topological polar surface area (TPSA) is 101 Å². The fourth-order valence-corrected chi connectivity index (χ4v) is 2.38. The van der Waals surface area contributed by atoms with Gasteiger partial charge in [0.15, 0.2) is 6.23 Å². The molecule has 2 rings (SSSR count). The Labute approximate surface area is 118 Å². The Hall–Kier alpha value is -1.02. The SMILES string of the molecule is CCCCCCc1cn([C@@H]2O[C@H](CO)[C@@H](O)[C@@H]2O)nn1. The lowest BCUT2D eigenvalue weighted by molar-refractivity contribution is -0.0594. The Kier molecular flexibility index (Phi) is 5.47. The van der Waals surface area contributed by atoms with Gasteiger partial charge >= 0.3 is 0 Å². The molecule has 0 amide bonds. The number of nitrogens with zero attached hydrogens (tertiary/aromatic N) is 3. The molecule has 1 aliphatic rings. The summed E-state index contributed by atoms with van der Waals surface area (Å²) < 4.78 is 6.80. The van der Waals surface area contributed by atoms with Crippen molar-refractivity contribution in [2.24, 2.45) is 0 Å². The fourth-order valence-electron chi connectivity index (χ4n) is 2.38. The average Bonchev–Trinajstić information content (AvgIpc) is 3.02. The van der Waals surface area contributed by atoms with E-state index in [1.807, 2.05) is 0 Å². The van der Waals surface area contributed by atoms with Gasteiger partial charge in [-0.15, -0.1) is 5.10 Å². The number of hydrogen-bond acceptors (Lipinski definition) is 6. The molecule has 2 heterocycles. The van der Waals surface area contributed by atoms with Gasteiger partial charge in [0, 0.05) is 0 Å². The second-order valence-electron chi connectivity index (χ2n) is 5.23. The highest BCUT2D eigenvalue weighted by molar-refractivity contribution is 4.96. The van der Waals surface area contributed by atoms with Gasteiger partial charge in [0.2, 0.25) is 0 Å². The van der Waals surface area contributed by atoms with Gasteiger partial charge in [0.1, 0.15) is 18.3 Å². The van der Waals surface area contributed by atoms with Crippen molar-refractivity contribution in [1.82, 2.24) is 15.0 Å². The van der Waals surface area contributed by atoms with E-state index >= 15 is 0 Å². The van der Waals surface area contributed by atoms with Gasteiger partial charge < -0.3 is 20.1 Å². The number of aliphatic hydroxyl groups is 3. The normalized spacial score (nSPS) is 30.0. The van der Waals surface area contributed by atoms with E-state index in [1.54, 1.807) is 6.20 Å². The van der Waals surface area contributed by atoms with Gasteiger partial charge in [-0.1, -0.05) is 31.4 Å². The minimum atomic E-state index is -1.11. The highest BCUT2D eigenvalue weighted by Gasteiger charge is 2.43. The first kappa shape index (κ1) is 15.4. The minimum Gasteiger partial charge on any atom is -0.394 e. The van der Waals surface area contributed by atoms with Crippen molar-refractivity contribution in [2.45, 2.75) is 63.6 Å². The number of hydrogen-bond donors (Lipinski definition) is 3. The molecule has 114 valence electrons. The highest BCUT2D eigenvalue weighted by atomic mass is 16.6. The van der Waals surface area contributed by atoms with Crippen LogP contribution in [0.1, 0.15) is 44.5 Å². The summed E-state index contributed by atoms with van der Waals surface area (Å²) in [6, 6.07) is 0. The van der Waals surface area contributed by atoms with Crippen molar-refractivity contribution in [3.63, 3.8) is 0 Å². The van der Waals surface area contributed by atoms with Gasteiger partial charge in [-0.25, -0.2) is 4.68 Å². The number of aliphatic hydroxyl groups excluding tert-OH is 3. The maximum atomic E-state index is 9.89. The molecule has 1 aliphatic heterocycles. The van der Waals surface area contributed by atoms with Crippen LogP contribution >= 0.6 is 0 Å². The van der Waals surface area contributed by atoms with Crippen LogP contribution in [0.3, 0.4) is 0 Å². The molecule has 1 aromatic heterocycles. The van der Waals surface area contributed by atoms with E-state index in [4.69, 9.17) is 9.84 Å². The Morgan fingerprint density at radius 2 is 2.05 bits per heavy atom. The molecular weight excluding hydrogens is 262 g/mol. The molecule has 7 nitrogen and oxygen atoms in total. The molecule has 0 aliphatic carbocycles. The molecule has 0 saturated carbocycles. The van der Waals surface area contributed by atoms with Gasteiger partial charge in [-0.05, 0) is 12.8 Å². The molecule has 1 fully saturated rings. The number of aromatic nitrogens is 3. The molecule has 20 heavy (non-hydrogen) atoms. The lowest BCUT2D eigenvalue weighted by atomic mass is 10.1. The molecule has 1 aromatic rings. The third-order valence-electron chi connectivity index (χ3n) is 3.62. The van der Waals surface area contributed by atoms with Crippen LogP contribution < -0.4 is 0 Å². The Balaban J connectivity index is 1.92. The van der Waals surface area contributed by atoms with Crippen molar-refractivity contribution >= 4 is 0 Å². The van der Waals surface area contributed by atoms with Crippen LogP contribution in [-0.4, -0.2) is 55.2 Å². The third kappa shape index (κ3) is 3.35. The summed E-state index contributed by atoms with van der Waals surface area (Å²) in [7, 11) is 0. The van der Waals surface area contributed by atoms with Crippen LogP contribution in [0.4, 0.5) is 0 Å². The standard InChI is InChI=1S/C13H23N3O4/c1-2-3-4-5-6-9-7-16(15-14-9)13-12(19)11(18)10(8-17)20-13/h7,10-13,17-19H,2-6,8H2,1H3/t10-,11-,12+,13-/m1/s1. The van der Waals surface area contributed by atoms with Crippen molar-refractivity contribution < 1.29 is 20.1 Å². The largest absolute Gasteiger partial charge is 0.394 e. The first-order valence-electron chi connectivity index (χ1n) is 7.20. The summed E-state index contributed by atoms with van der Waals surface area (Å²) in [5.41, 5.74) is 0.846. The summed E-state index contributed by atoms with van der Waals surface area (Å²) >= 11 is 0. The van der Waals surface area contributed by atoms with Crippen molar-refractivity contribution in [3.8, 4) is 0 Å². The minimum absolute atomic E-state index is 0.340. The lowest BCUT2D eigenvalue weighted by Crippen LogP contribution is -2.33. The predicted molar refractivity (Wildman–Crippen MR) is 70.9 cm³/mol. The van der Waals surface area contributed by atoms with E-state index in [9.17, 15) is 10.2 Å². The molecule has 4 atom stereocenters. The molecule has 1 saturated heterocycles. The molecule has 0 bridgehead atoms. The monoisotopic (exact) mass is 285 g/mol. The van der Waals surface area contributed by atoms with Gasteiger partial charge in [-0.3, -0.25) is 0 Å². The second-order valence-corrected chi connectivity index (χ2v) is 5.23. The van der Waals surface area contributed by atoms with Gasteiger partial charge in [0.05, 0.1) is 18.5 Å². The molecule has 0 aromatic carbocycles. The zero-order valence-electron chi connectivity index (χ0n) is 11.7. The summed E-state index contributed by atoms with van der Waals surface area (Å²) in [6.07, 6.45) is 3.40. The maximum Gasteiger partial charge on any atom is 0.180 e. The summed E-state index contributed by atoms with van der Waals surface area (Å²) in [5.74, 6) is 0. The van der Waals surface area contributed by atoms with E-state index in [2.05, 4.69) is 17.2 Å². The number of unbranched alkanes of at least 4 members (excludes halogenated alkanes) is 3. The second kappa shape index (κ2) is 7.12. The van der Waals surface area contributed by atoms with Crippen molar-refractivity contribution in [3.05, 3.63) is 11.9 Å². The Morgan fingerprint density at radius 1 is 1.25 bits per heavy atom. The summed E-state index contributed by atoms with van der Waals surface area (Å²) in [6.45, 7) is 1.82. The zero-order valence-corrected chi connectivity index (χ0v) is 11.7.